The number of likely N-dealkylation sites (tertiary alicyclic amines) is 1. The minimum atomic E-state index is -0.667. The maximum Gasteiger partial charge on any atom is 0.209 e. The fourth-order valence-corrected chi connectivity index (χ4v) is 2.15. The molecule has 1 saturated heterocycles. The molecule has 5 heteroatoms. The summed E-state index contributed by atoms with van der Waals surface area (Å²) in [6.45, 7) is 1.43. The van der Waals surface area contributed by atoms with Crippen LogP contribution in [0.4, 0.5) is 0 Å². The first-order valence-electron chi connectivity index (χ1n) is 5.65. The predicted molar refractivity (Wildman–Crippen MR) is 61.3 cm³/mol. The van der Waals surface area contributed by atoms with Gasteiger partial charge in [0.15, 0.2) is 5.58 Å². The first kappa shape index (κ1) is 10.7. The zero-order valence-electron chi connectivity index (χ0n) is 9.28. The minimum absolute atomic E-state index is 0.458. The van der Waals surface area contributed by atoms with Crippen molar-refractivity contribution in [3.63, 3.8) is 0 Å². The van der Waals surface area contributed by atoms with Crippen LogP contribution in [0.1, 0.15) is 5.89 Å². The molecule has 0 radical (unpaired) electrons. The van der Waals surface area contributed by atoms with Gasteiger partial charge in [-0.05, 0) is 12.1 Å². The highest BCUT2D eigenvalue weighted by atomic mass is 16.4. The second-order valence-electron chi connectivity index (χ2n) is 4.40. The summed E-state index contributed by atoms with van der Waals surface area (Å²) in [5.41, 5.74) is 1.60. The van der Waals surface area contributed by atoms with Gasteiger partial charge in [-0.1, -0.05) is 12.1 Å². The minimum Gasteiger partial charge on any atom is -0.439 e. The maximum atomic E-state index is 9.44. The average Bonchev–Trinajstić information content (AvgIpc) is 2.83. The molecule has 90 valence electrons. The third-order valence-corrected chi connectivity index (χ3v) is 3.03. The molecule has 0 spiro atoms. The van der Waals surface area contributed by atoms with Crippen molar-refractivity contribution in [1.29, 1.82) is 0 Å². The van der Waals surface area contributed by atoms with Crippen LogP contribution in [-0.2, 0) is 6.54 Å². The first-order valence-corrected chi connectivity index (χ1v) is 5.65. The molecular formula is C12H14N2O3. The number of oxazole rings is 1. The van der Waals surface area contributed by atoms with E-state index in [2.05, 4.69) is 4.98 Å². The van der Waals surface area contributed by atoms with E-state index in [0.29, 0.717) is 25.5 Å². The summed E-state index contributed by atoms with van der Waals surface area (Å²) in [5.74, 6) is 0.618. The molecule has 0 bridgehead atoms. The van der Waals surface area contributed by atoms with Crippen molar-refractivity contribution >= 4 is 11.1 Å². The lowest BCUT2D eigenvalue weighted by Crippen LogP contribution is -2.22. The van der Waals surface area contributed by atoms with Gasteiger partial charge in [-0.3, -0.25) is 4.90 Å². The molecule has 1 fully saturated rings. The standard InChI is InChI=1S/C12H14N2O3/c15-9-5-14(6-10(9)16)7-12-13-8-3-1-2-4-11(8)17-12/h1-4,9-10,15-16H,5-7H2/t9-,10+. The van der Waals surface area contributed by atoms with Crippen molar-refractivity contribution in [2.24, 2.45) is 0 Å². The molecule has 0 saturated carbocycles. The Morgan fingerprint density at radius 1 is 1.24 bits per heavy atom. The number of hydrogen-bond acceptors (Lipinski definition) is 5. The topological polar surface area (TPSA) is 69.7 Å². The van der Waals surface area contributed by atoms with Gasteiger partial charge in [0.2, 0.25) is 5.89 Å². The lowest BCUT2D eigenvalue weighted by Gasteiger charge is -2.10. The van der Waals surface area contributed by atoms with Crippen molar-refractivity contribution in [2.45, 2.75) is 18.8 Å². The number of hydrogen-bond donors (Lipinski definition) is 2. The Bertz CT molecular complexity index is 482. The van der Waals surface area contributed by atoms with Crippen molar-refractivity contribution in [2.75, 3.05) is 13.1 Å². The van der Waals surface area contributed by atoms with Crippen LogP contribution in [-0.4, -0.2) is 45.4 Å². The number of aliphatic hydroxyl groups excluding tert-OH is 2. The van der Waals surface area contributed by atoms with Gasteiger partial charge in [-0.25, -0.2) is 4.98 Å². The highest BCUT2D eigenvalue weighted by molar-refractivity contribution is 5.72. The smallest absolute Gasteiger partial charge is 0.209 e. The highest BCUT2D eigenvalue weighted by Gasteiger charge is 2.30. The van der Waals surface area contributed by atoms with Gasteiger partial charge >= 0.3 is 0 Å². The summed E-state index contributed by atoms with van der Waals surface area (Å²) in [7, 11) is 0. The monoisotopic (exact) mass is 234 g/mol. The predicted octanol–water partition coefficient (Wildman–Crippen LogP) is 0.365. The van der Waals surface area contributed by atoms with Gasteiger partial charge in [0.25, 0.3) is 0 Å². The van der Waals surface area contributed by atoms with Crippen LogP contribution >= 0.6 is 0 Å². The largest absolute Gasteiger partial charge is 0.439 e. The van der Waals surface area contributed by atoms with Gasteiger partial charge in [0.1, 0.15) is 5.52 Å². The molecule has 3 rings (SSSR count). The molecular weight excluding hydrogens is 220 g/mol. The normalized spacial score (nSPS) is 25.8. The first-order chi connectivity index (χ1) is 8.22. The summed E-state index contributed by atoms with van der Waals surface area (Å²) in [4.78, 5) is 6.29. The van der Waals surface area contributed by atoms with Gasteiger partial charge in [0, 0.05) is 13.1 Å². The lowest BCUT2D eigenvalue weighted by molar-refractivity contribution is 0.0572. The second-order valence-corrected chi connectivity index (χ2v) is 4.40. The number of aliphatic hydroxyl groups is 2. The third-order valence-electron chi connectivity index (χ3n) is 3.03. The number of rotatable bonds is 2. The molecule has 17 heavy (non-hydrogen) atoms. The van der Waals surface area contributed by atoms with Crippen molar-refractivity contribution in [3.8, 4) is 0 Å². The molecule has 1 aromatic carbocycles. The van der Waals surface area contributed by atoms with Crippen LogP contribution in [0.3, 0.4) is 0 Å². The Balaban J connectivity index is 1.77. The van der Waals surface area contributed by atoms with Crippen molar-refractivity contribution in [3.05, 3.63) is 30.2 Å². The van der Waals surface area contributed by atoms with E-state index in [-0.39, 0.29) is 0 Å². The molecule has 2 aromatic rings. The van der Waals surface area contributed by atoms with E-state index in [0.717, 1.165) is 11.1 Å². The van der Waals surface area contributed by atoms with Gasteiger partial charge < -0.3 is 14.6 Å². The maximum absolute atomic E-state index is 9.44. The van der Waals surface area contributed by atoms with Crippen molar-refractivity contribution in [1.82, 2.24) is 9.88 Å². The summed E-state index contributed by atoms with van der Waals surface area (Å²) in [5, 5.41) is 18.9. The molecule has 2 N–H and O–H groups in total. The molecule has 0 amide bonds. The molecule has 0 aliphatic carbocycles. The van der Waals surface area contributed by atoms with Crippen LogP contribution in [0.5, 0.6) is 0 Å². The SMILES string of the molecule is O[C@@H]1CN(Cc2nc3ccccc3o2)C[C@@H]1O. The van der Waals surface area contributed by atoms with E-state index >= 15 is 0 Å². The highest BCUT2D eigenvalue weighted by Crippen LogP contribution is 2.18. The zero-order chi connectivity index (χ0) is 11.8. The number of nitrogens with zero attached hydrogens (tertiary/aromatic N) is 2. The Labute approximate surface area is 98.3 Å². The molecule has 5 nitrogen and oxygen atoms in total. The summed E-state index contributed by atoms with van der Waals surface area (Å²) in [6, 6.07) is 7.59. The number of fused-ring (bicyclic) bond motifs is 1. The van der Waals surface area contributed by atoms with E-state index in [1.54, 1.807) is 0 Å². The molecule has 2 atom stereocenters. The number of aromatic nitrogens is 1. The van der Waals surface area contributed by atoms with E-state index in [4.69, 9.17) is 4.42 Å². The Morgan fingerprint density at radius 3 is 2.65 bits per heavy atom. The van der Waals surface area contributed by atoms with Crippen LogP contribution < -0.4 is 0 Å². The Morgan fingerprint density at radius 2 is 1.94 bits per heavy atom. The second kappa shape index (κ2) is 4.10. The molecule has 2 heterocycles. The number of para-hydroxylation sites is 2. The van der Waals surface area contributed by atoms with Crippen LogP contribution in [0.15, 0.2) is 28.7 Å². The summed E-state index contributed by atoms with van der Waals surface area (Å²) < 4.78 is 5.58. The summed E-state index contributed by atoms with van der Waals surface area (Å²) in [6.07, 6.45) is -1.33. The van der Waals surface area contributed by atoms with Gasteiger partial charge in [-0.15, -0.1) is 0 Å². The fraction of sp³-hybridized carbons (Fsp3) is 0.417. The van der Waals surface area contributed by atoms with E-state index in [1.807, 2.05) is 29.2 Å². The summed E-state index contributed by atoms with van der Waals surface area (Å²) >= 11 is 0. The molecule has 1 aromatic heterocycles. The van der Waals surface area contributed by atoms with E-state index in [9.17, 15) is 10.2 Å². The van der Waals surface area contributed by atoms with Crippen LogP contribution in [0.2, 0.25) is 0 Å². The molecule has 0 unspecified atom stereocenters. The fourth-order valence-electron chi connectivity index (χ4n) is 2.15. The molecule has 1 aliphatic rings. The average molecular weight is 234 g/mol. The number of benzene rings is 1. The van der Waals surface area contributed by atoms with Crippen LogP contribution in [0.25, 0.3) is 11.1 Å². The van der Waals surface area contributed by atoms with E-state index < -0.39 is 12.2 Å². The molecule has 1 aliphatic heterocycles. The zero-order valence-corrected chi connectivity index (χ0v) is 9.28. The Kier molecular flexibility index (Phi) is 2.58. The number of β-amino-alcohol motifs (C(OH)–C–C–N with tert-alkyl or cyclic N) is 2. The van der Waals surface area contributed by atoms with Gasteiger partial charge in [0.05, 0.1) is 18.8 Å². The Hall–Kier alpha value is -1.43. The van der Waals surface area contributed by atoms with Crippen molar-refractivity contribution < 1.29 is 14.6 Å². The van der Waals surface area contributed by atoms with Crippen LogP contribution in [0, 0.1) is 0 Å². The third kappa shape index (κ3) is 2.04. The van der Waals surface area contributed by atoms with Gasteiger partial charge in [-0.2, -0.15) is 0 Å². The quantitative estimate of drug-likeness (QED) is 0.785. The lowest BCUT2D eigenvalue weighted by atomic mass is 10.3. The van der Waals surface area contributed by atoms with E-state index in [1.165, 1.54) is 0 Å².